The predicted molar refractivity (Wildman–Crippen MR) is 147 cm³/mol. The molecule has 2 aliphatic heterocycles. The van der Waals surface area contributed by atoms with Crippen molar-refractivity contribution in [2.24, 2.45) is 11.3 Å². The lowest BCUT2D eigenvalue weighted by Gasteiger charge is -2.46. The van der Waals surface area contributed by atoms with Crippen molar-refractivity contribution in [2.75, 3.05) is 45.9 Å². The average Bonchev–Trinajstić information content (AvgIpc) is 2.98. The smallest absolute Gasteiger partial charge is 0.312 e. The van der Waals surface area contributed by atoms with Gasteiger partial charge in [0.1, 0.15) is 11.9 Å². The summed E-state index contributed by atoms with van der Waals surface area (Å²) in [6, 6.07) is 4.89. The van der Waals surface area contributed by atoms with Crippen LogP contribution >= 0.6 is 0 Å². The van der Waals surface area contributed by atoms with Gasteiger partial charge < -0.3 is 25.2 Å². The van der Waals surface area contributed by atoms with E-state index in [4.69, 9.17) is 4.74 Å². The average molecular weight is 545 g/mol. The number of nitrogens with zero attached hydrogens (tertiary/aromatic N) is 2. The number of ether oxygens (including phenoxy) is 1. The number of hydrogen-bond donors (Lipinski definition) is 2. The fourth-order valence-electron chi connectivity index (χ4n) is 6.66. The first-order chi connectivity index (χ1) is 18.9. The second kappa shape index (κ2) is 13.7. The highest BCUT2D eigenvalue weighted by Gasteiger charge is 2.49. The number of benzene rings is 1. The van der Waals surface area contributed by atoms with Crippen LogP contribution in [0.3, 0.4) is 0 Å². The van der Waals surface area contributed by atoms with Crippen LogP contribution in [0.4, 0.5) is 4.39 Å². The molecule has 9 heteroatoms. The van der Waals surface area contributed by atoms with Crippen molar-refractivity contribution in [1.29, 1.82) is 0 Å². The summed E-state index contributed by atoms with van der Waals surface area (Å²) in [5.74, 6) is -0.531. The van der Waals surface area contributed by atoms with Crippen molar-refractivity contribution in [3.8, 4) is 0 Å². The largest absolute Gasteiger partial charge is 0.466 e. The van der Waals surface area contributed by atoms with E-state index in [1.807, 2.05) is 6.92 Å². The van der Waals surface area contributed by atoms with E-state index in [1.54, 1.807) is 17.0 Å². The van der Waals surface area contributed by atoms with E-state index in [2.05, 4.69) is 22.5 Å². The lowest BCUT2D eigenvalue weighted by Crippen LogP contribution is -2.61. The van der Waals surface area contributed by atoms with Gasteiger partial charge in [-0.15, -0.1) is 0 Å². The molecule has 0 aromatic heterocycles. The standard InChI is InChI=1S/C30H45FN4O4/c1-3-34-19-16-32-26(21-34)27(36)33-25(20-22-10-12-24(31)13-11-22)28(37)35-17-14-30(15-18-35,29(38)39-4-2)23-8-6-5-7-9-23/h10-13,23,25-26,32H,3-9,14-21H2,1-2H3,(H,33,36)/t25-,26+/m1/s1. The summed E-state index contributed by atoms with van der Waals surface area (Å²) in [4.78, 5) is 44.4. The van der Waals surface area contributed by atoms with Crippen molar-refractivity contribution < 1.29 is 23.5 Å². The molecule has 3 aliphatic rings. The monoisotopic (exact) mass is 544 g/mol. The molecule has 0 unspecified atom stereocenters. The van der Waals surface area contributed by atoms with Crippen LogP contribution in [-0.2, 0) is 25.5 Å². The number of amides is 2. The van der Waals surface area contributed by atoms with Crippen LogP contribution in [0.5, 0.6) is 0 Å². The maximum atomic E-state index is 13.9. The predicted octanol–water partition coefficient (Wildman–Crippen LogP) is 2.90. The van der Waals surface area contributed by atoms with Crippen molar-refractivity contribution in [3.63, 3.8) is 0 Å². The van der Waals surface area contributed by atoms with Gasteiger partial charge in [-0.05, 0) is 62.8 Å². The highest BCUT2D eigenvalue weighted by atomic mass is 19.1. The van der Waals surface area contributed by atoms with E-state index >= 15 is 0 Å². The topological polar surface area (TPSA) is 91.0 Å². The Bertz CT molecular complexity index is 974. The molecule has 1 aromatic carbocycles. The molecule has 39 heavy (non-hydrogen) atoms. The number of piperazine rings is 1. The van der Waals surface area contributed by atoms with Gasteiger partial charge in [-0.25, -0.2) is 4.39 Å². The highest BCUT2D eigenvalue weighted by Crippen LogP contribution is 2.47. The fourth-order valence-corrected chi connectivity index (χ4v) is 6.66. The Morgan fingerprint density at radius 2 is 1.77 bits per heavy atom. The summed E-state index contributed by atoms with van der Waals surface area (Å²) in [6.45, 7) is 8.22. The van der Waals surface area contributed by atoms with Crippen LogP contribution in [-0.4, -0.2) is 85.5 Å². The van der Waals surface area contributed by atoms with Crippen LogP contribution in [0, 0.1) is 17.2 Å². The number of nitrogens with one attached hydrogen (secondary N) is 2. The summed E-state index contributed by atoms with van der Waals surface area (Å²) in [7, 11) is 0. The summed E-state index contributed by atoms with van der Waals surface area (Å²) < 4.78 is 19.1. The molecule has 1 saturated carbocycles. The first-order valence-corrected chi connectivity index (χ1v) is 14.8. The molecular weight excluding hydrogens is 499 g/mol. The number of likely N-dealkylation sites (N-methyl/N-ethyl adjacent to an activating group) is 1. The Morgan fingerprint density at radius 3 is 2.41 bits per heavy atom. The van der Waals surface area contributed by atoms with Gasteiger partial charge in [-0.2, -0.15) is 0 Å². The number of carbonyl (C=O) groups excluding carboxylic acids is 3. The highest BCUT2D eigenvalue weighted by molar-refractivity contribution is 5.90. The number of halogens is 1. The van der Waals surface area contributed by atoms with Gasteiger partial charge in [0.2, 0.25) is 11.8 Å². The minimum absolute atomic E-state index is 0.121. The molecule has 1 aromatic rings. The maximum Gasteiger partial charge on any atom is 0.312 e. The molecule has 0 spiro atoms. The van der Waals surface area contributed by atoms with Crippen LogP contribution < -0.4 is 10.6 Å². The number of piperidine rings is 1. The number of esters is 1. The summed E-state index contributed by atoms with van der Waals surface area (Å²) in [5, 5.41) is 6.28. The number of carbonyl (C=O) groups is 3. The third kappa shape index (κ3) is 7.17. The van der Waals surface area contributed by atoms with Crippen molar-refractivity contribution in [3.05, 3.63) is 35.6 Å². The van der Waals surface area contributed by atoms with Crippen LogP contribution in [0.25, 0.3) is 0 Å². The van der Waals surface area contributed by atoms with Gasteiger partial charge in [0.15, 0.2) is 0 Å². The minimum atomic E-state index is -0.772. The Morgan fingerprint density at radius 1 is 1.08 bits per heavy atom. The van der Waals surface area contributed by atoms with Gasteiger partial charge in [0, 0.05) is 39.1 Å². The van der Waals surface area contributed by atoms with Crippen molar-refractivity contribution >= 4 is 17.8 Å². The number of hydrogen-bond acceptors (Lipinski definition) is 6. The summed E-state index contributed by atoms with van der Waals surface area (Å²) in [5.41, 5.74) is 0.236. The lowest BCUT2D eigenvalue weighted by molar-refractivity contribution is -0.166. The SMILES string of the molecule is CCOC(=O)C1(C2CCCCC2)CCN(C(=O)[C@@H](Cc2ccc(F)cc2)NC(=O)[C@@H]2CN(CC)CCN2)CC1. The third-order valence-electron chi connectivity index (χ3n) is 9.03. The quantitative estimate of drug-likeness (QED) is 0.465. The first kappa shape index (κ1) is 29.5. The van der Waals surface area contributed by atoms with Gasteiger partial charge in [0.05, 0.1) is 18.1 Å². The summed E-state index contributed by atoms with van der Waals surface area (Å²) >= 11 is 0. The molecule has 4 rings (SSSR count). The Kier molecular flexibility index (Phi) is 10.4. The second-order valence-corrected chi connectivity index (χ2v) is 11.3. The van der Waals surface area contributed by atoms with Gasteiger partial charge in [0.25, 0.3) is 0 Å². The van der Waals surface area contributed by atoms with Crippen LogP contribution in [0.15, 0.2) is 24.3 Å². The number of rotatable bonds is 9. The molecular formula is C30H45FN4O4. The molecule has 2 amide bonds. The molecule has 2 heterocycles. The van der Waals surface area contributed by atoms with E-state index in [9.17, 15) is 18.8 Å². The van der Waals surface area contributed by atoms with E-state index in [0.717, 1.165) is 44.3 Å². The lowest BCUT2D eigenvalue weighted by atomic mass is 9.63. The molecule has 216 valence electrons. The normalized spacial score (nSPS) is 23.2. The third-order valence-corrected chi connectivity index (χ3v) is 9.03. The van der Waals surface area contributed by atoms with Gasteiger partial charge in [-0.3, -0.25) is 14.4 Å². The molecule has 3 fully saturated rings. The van der Waals surface area contributed by atoms with E-state index in [-0.39, 0.29) is 35.9 Å². The molecule has 8 nitrogen and oxygen atoms in total. The van der Waals surface area contributed by atoms with Crippen LogP contribution in [0.2, 0.25) is 0 Å². The van der Waals surface area contributed by atoms with Crippen LogP contribution in [0.1, 0.15) is 64.4 Å². The maximum absolute atomic E-state index is 13.9. The van der Waals surface area contributed by atoms with E-state index in [1.165, 1.54) is 18.6 Å². The van der Waals surface area contributed by atoms with Crippen molar-refractivity contribution in [1.82, 2.24) is 20.4 Å². The first-order valence-electron chi connectivity index (χ1n) is 14.8. The van der Waals surface area contributed by atoms with Gasteiger partial charge in [-0.1, -0.05) is 38.3 Å². The molecule has 0 radical (unpaired) electrons. The molecule has 1 aliphatic carbocycles. The zero-order valence-electron chi connectivity index (χ0n) is 23.6. The molecule has 2 saturated heterocycles. The zero-order valence-corrected chi connectivity index (χ0v) is 23.6. The zero-order chi connectivity index (χ0) is 27.8. The van der Waals surface area contributed by atoms with Gasteiger partial charge >= 0.3 is 5.97 Å². The minimum Gasteiger partial charge on any atom is -0.466 e. The molecule has 2 N–H and O–H groups in total. The molecule has 0 bridgehead atoms. The Balaban J connectivity index is 1.48. The Hall–Kier alpha value is -2.52. The Labute approximate surface area is 232 Å². The molecule has 2 atom stereocenters. The second-order valence-electron chi connectivity index (χ2n) is 11.3. The summed E-state index contributed by atoms with van der Waals surface area (Å²) in [6.07, 6.45) is 6.95. The number of likely N-dealkylation sites (tertiary alicyclic amines) is 1. The van der Waals surface area contributed by atoms with E-state index < -0.39 is 17.5 Å². The fraction of sp³-hybridized carbons (Fsp3) is 0.700. The van der Waals surface area contributed by atoms with Crippen molar-refractivity contribution in [2.45, 2.75) is 77.3 Å². The van der Waals surface area contributed by atoms with E-state index in [0.29, 0.717) is 45.6 Å².